The van der Waals surface area contributed by atoms with Crippen molar-refractivity contribution in [3.05, 3.63) is 54.2 Å². The Balaban J connectivity index is 2.78. The average Bonchev–Trinajstić information content (AvgIpc) is 2.15. The number of allylic oxidation sites excluding steroid dienone is 2. The standard InChI is InChI=1S/C11H14N2/c1-9-3-5-11(6-4-9)10(2)7-8-13-12/h3-8,13H,2,12H2,1H3/b8-7-. The first kappa shape index (κ1) is 9.55. The van der Waals surface area contributed by atoms with Gasteiger partial charge in [0.2, 0.25) is 0 Å². The second-order valence-electron chi connectivity index (χ2n) is 2.89. The van der Waals surface area contributed by atoms with Gasteiger partial charge >= 0.3 is 0 Å². The maximum atomic E-state index is 5.10. The number of rotatable bonds is 3. The lowest BCUT2D eigenvalue weighted by atomic mass is 10.1. The van der Waals surface area contributed by atoms with Crippen molar-refractivity contribution >= 4 is 5.57 Å². The highest BCUT2D eigenvalue weighted by Gasteiger charge is 1.92. The van der Waals surface area contributed by atoms with Crippen molar-refractivity contribution in [3.63, 3.8) is 0 Å². The van der Waals surface area contributed by atoms with Gasteiger partial charge in [-0.1, -0.05) is 36.4 Å². The van der Waals surface area contributed by atoms with Crippen LogP contribution in [0.5, 0.6) is 0 Å². The molecule has 0 aliphatic carbocycles. The van der Waals surface area contributed by atoms with E-state index < -0.39 is 0 Å². The van der Waals surface area contributed by atoms with Gasteiger partial charge in [-0.25, -0.2) is 0 Å². The molecule has 2 heteroatoms. The van der Waals surface area contributed by atoms with Gasteiger partial charge in [0.05, 0.1) is 0 Å². The lowest BCUT2D eigenvalue weighted by Crippen LogP contribution is -2.12. The number of aryl methyl sites for hydroxylation is 1. The largest absolute Gasteiger partial charge is 0.331 e. The van der Waals surface area contributed by atoms with Crippen LogP contribution in [0.25, 0.3) is 5.57 Å². The number of hydrazine groups is 1. The van der Waals surface area contributed by atoms with Gasteiger partial charge in [-0.05, 0) is 24.1 Å². The number of nitrogens with one attached hydrogen (secondary N) is 1. The Morgan fingerprint density at radius 1 is 1.38 bits per heavy atom. The summed E-state index contributed by atoms with van der Waals surface area (Å²) >= 11 is 0. The number of hydrogen-bond acceptors (Lipinski definition) is 2. The van der Waals surface area contributed by atoms with Crippen molar-refractivity contribution in [2.45, 2.75) is 6.92 Å². The van der Waals surface area contributed by atoms with E-state index in [0.29, 0.717) is 0 Å². The number of hydrogen-bond donors (Lipinski definition) is 2. The van der Waals surface area contributed by atoms with Crippen LogP contribution in [0, 0.1) is 6.92 Å². The van der Waals surface area contributed by atoms with Crippen LogP contribution >= 0.6 is 0 Å². The van der Waals surface area contributed by atoms with Crippen LogP contribution in [0.3, 0.4) is 0 Å². The van der Waals surface area contributed by atoms with E-state index in [1.807, 2.05) is 18.2 Å². The fourth-order valence-electron chi connectivity index (χ4n) is 1.01. The second-order valence-corrected chi connectivity index (χ2v) is 2.89. The molecule has 0 aliphatic rings. The molecule has 68 valence electrons. The maximum Gasteiger partial charge on any atom is 0.0129 e. The molecule has 0 aromatic heterocycles. The highest BCUT2D eigenvalue weighted by Crippen LogP contribution is 2.13. The van der Waals surface area contributed by atoms with E-state index >= 15 is 0 Å². The Morgan fingerprint density at radius 2 is 2.00 bits per heavy atom. The maximum absolute atomic E-state index is 5.10. The number of nitrogens with two attached hydrogens (primary N) is 1. The Hall–Kier alpha value is -1.54. The van der Waals surface area contributed by atoms with Crippen molar-refractivity contribution in [3.8, 4) is 0 Å². The summed E-state index contributed by atoms with van der Waals surface area (Å²) in [5, 5.41) is 0. The molecule has 0 bridgehead atoms. The molecule has 0 spiro atoms. The summed E-state index contributed by atoms with van der Waals surface area (Å²) in [6, 6.07) is 8.20. The molecule has 0 saturated heterocycles. The van der Waals surface area contributed by atoms with Gasteiger partial charge in [-0.2, -0.15) is 0 Å². The second kappa shape index (κ2) is 4.48. The Morgan fingerprint density at radius 3 is 2.54 bits per heavy atom. The monoisotopic (exact) mass is 174 g/mol. The minimum Gasteiger partial charge on any atom is -0.331 e. The SMILES string of the molecule is C=C(/C=C\NN)c1ccc(C)cc1. The lowest BCUT2D eigenvalue weighted by molar-refractivity contribution is 0.968. The van der Waals surface area contributed by atoms with Crippen LogP contribution in [0.2, 0.25) is 0 Å². The van der Waals surface area contributed by atoms with Crippen LogP contribution in [0.4, 0.5) is 0 Å². The molecule has 0 fully saturated rings. The zero-order valence-electron chi connectivity index (χ0n) is 7.75. The molecule has 3 N–H and O–H groups in total. The van der Waals surface area contributed by atoms with Crippen molar-refractivity contribution in [1.82, 2.24) is 5.43 Å². The minimum atomic E-state index is 0.943. The predicted octanol–water partition coefficient (Wildman–Crippen LogP) is 1.99. The zero-order chi connectivity index (χ0) is 9.68. The first-order valence-corrected chi connectivity index (χ1v) is 4.12. The predicted molar refractivity (Wildman–Crippen MR) is 56.7 cm³/mol. The van der Waals surface area contributed by atoms with Gasteiger partial charge in [-0.15, -0.1) is 0 Å². The third-order valence-electron chi connectivity index (χ3n) is 1.80. The first-order chi connectivity index (χ1) is 6.24. The van der Waals surface area contributed by atoms with E-state index in [0.717, 1.165) is 11.1 Å². The van der Waals surface area contributed by atoms with Crippen molar-refractivity contribution < 1.29 is 0 Å². The highest BCUT2D eigenvalue weighted by molar-refractivity contribution is 5.71. The van der Waals surface area contributed by atoms with Crippen LogP contribution in [0.15, 0.2) is 43.1 Å². The fraction of sp³-hybridized carbons (Fsp3) is 0.0909. The molecule has 0 amide bonds. The molecule has 1 aromatic carbocycles. The molecule has 1 aromatic rings. The van der Waals surface area contributed by atoms with E-state index in [4.69, 9.17) is 5.84 Å². The van der Waals surface area contributed by atoms with Crippen molar-refractivity contribution in [2.24, 2.45) is 5.84 Å². The van der Waals surface area contributed by atoms with Gasteiger partial charge in [0.1, 0.15) is 0 Å². The Bertz CT molecular complexity index is 309. The molecule has 0 saturated carbocycles. The summed E-state index contributed by atoms with van der Waals surface area (Å²) in [6.45, 7) is 5.97. The van der Waals surface area contributed by atoms with Crippen molar-refractivity contribution in [2.75, 3.05) is 0 Å². The van der Waals surface area contributed by atoms with Gasteiger partial charge in [0, 0.05) is 6.20 Å². The van der Waals surface area contributed by atoms with E-state index in [2.05, 4.69) is 31.1 Å². The zero-order valence-corrected chi connectivity index (χ0v) is 7.75. The molecule has 0 atom stereocenters. The molecule has 0 unspecified atom stereocenters. The third kappa shape index (κ3) is 2.76. The number of benzene rings is 1. The minimum absolute atomic E-state index is 0.943. The lowest BCUT2D eigenvalue weighted by Gasteiger charge is -2.00. The van der Waals surface area contributed by atoms with Gasteiger partial charge < -0.3 is 5.43 Å². The van der Waals surface area contributed by atoms with Gasteiger partial charge in [0.25, 0.3) is 0 Å². The van der Waals surface area contributed by atoms with Crippen LogP contribution < -0.4 is 11.3 Å². The molecule has 0 heterocycles. The molecule has 1 rings (SSSR count). The molecule has 0 aliphatic heterocycles. The van der Waals surface area contributed by atoms with E-state index in [1.54, 1.807) is 6.20 Å². The summed E-state index contributed by atoms with van der Waals surface area (Å²) < 4.78 is 0. The molecular formula is C11H14N2. The van der Waals surface area contributed by atoms with E-state index in [9.17, 15) is 0 Å². The van der Waals surface area contributed by atoms with Crippen LogP contribution in [-0.2, 0) is 0 Å². The Labute approximate surface area is 78.7 Å². The first-order valence-electron chi connectivity index (χ1n) is 4.12. The molecule has 0 radical (unpaired) electrons. The van der Waals surface area contributed by atoms with Gasteiger partial charge in [-0.3, -0.25) is 5.84 Å². The topological polar surface area (TPSA) is 38.0 Å². The van der Waals surface area contributed by atoms with Crippen LogP contribution in [0.1, 0.15) is 11.1 Å². The fourth-order valence-corrected chi connectivity index (χ4v) is 1.01. The Kier molecular flexibility index (Phi) is 3.29. The van der Waals surface area contributed by atoms with Crippen molar-refractivity contribution in [1.29, 1.82) is 0 Å². The van der Waals surface area contributed by atoms with E-state index in [1.165, 1.54) is 5.56 Å². The third-order valence-corrected chi connectivity index (χ3v) is 1.80. The summed E-state index contributed by atoms with van der Waals surface area (Å²) in [4.78, 5) is 0. The molecule has 13 heavy (non-hydrogen) atoms. The van der Waals surface area contributed by atoms with Gasteiger partial charge in [0.15, 0.2) is 0 Å². The molecule has 2 nitrogen and oxygen atoms in total. The smallest absolute Gasteiger partial charge is 0.0129 e. The highest BCUT2D eigenvalue weighted by atomic mass is 15.2. The quantitative estimate of drug-likeness (QED) is 0.418. The molecular weight excluding hydrogens is 160 g/mol. The summed E-state index contributed by atoms with van der Waals surface area (Å²) in [6.07, 6.45) is 3.49. The normalized spacial score (nSPS) is 10.3. The summed E-state index contributed by atoms with van der Waals surface area (Å²) in [7, 11) is 0. The van der Waals surface area contributed by atoms with E-state index in [-0.39, 0.29) is 0 Å². The average molecular weight is 174 g/mol. The summed E-state index contributed by atoms with van der Waals surface area (Å²) in [5.74, 6) is 5.10. The van der Waals surface area contributed by atoms with Crippen LogP contribution in [-0.4, -0.2) is 0 Å². The summed E-state index contributed by atoms with van der Waals surface area (Å²) in [5.41, 5.74) is 5.74.